The average molecular weight is 462 g/mol. The Labute approximate surface area is 196 Å². The summed E-state index contributed by atoms with van der Waals surface area (Å²) in [6.45, 7) is 2.72. The number of fused-ring (bicyclic) bond motifs is 1. The number of para-hydroxylation sites is 1. The Hall–Kier alpha value is -3.58. The van der Waals surface area contributed by atoms with E-state index in [9.17, 15) is 9.59 Å². The van der Waals surface area contributed by atoms with Crippen LogP contribution in [0.1, 0.15) is 11.1 Å². The predicted octanol–water partition coefficient (Wildman–Crippen LogP) is 3.32. The van der Waals surface area contributed by atoms with Gasteiger partial charge in [-0.3, -0.25) is 9.59 Å². The monoisotopic (exact) mass is 461 g/mol. The molecule has 0 radical (unpaired) electrons. The number of anilines is 1. The second-order valence-electron chi connectivity index (χ2n) is 8.20. The number of hydrogen-bond acceptors (Lipinski definition) is 4. The van der Waals surface area contributed by atoms with E-state index in [0.29, 0.717) is 44.8 Å². The van der Waals surface area contributed by atoms with Crippen molar-refractivity contribution in [3.63, 3.8) is 0 Å². The lowest BCUT2D eigenvalue weighted by molar-refractivity contribution is -0.130. The van der Waals surface area contributed by atoms with Crippen molar-refractivity contribution in [1.82, 2.24) is 19.7 Å². The van der Waals surface area contributed by atoms with Gasteiger partial charge in [-0.1, -0.05) is 60.1 Å². The molecule has 8 heteroatoms. The van der Waals surface area contributed by atoms with Gasteiger partial charge in [-0.15, -0.1) is 0 Å². The normalized spacial score (nSPS) is 14.1. The number of hydrogen-bond donors (Lipinski definition) is 1. The number of carbonyl (C=O) groups is 1. The number of aromatic amines is 1. The first-order valence-corrected chi connectivity index (χ1v) is 11.4. The molecule has 7 nitrogen and oxygen atoms in total. The fourth-order valence-electron chi connectivity index (χ4n) is 4.30. The van der Waals surface area contributed by atoms with E-state index < -0.39 is 0 Å². The summed E-state index contributed by atoms with van der Waals surface area (Å²) in [5, 5.41) is 5.58. The van der Waals surface area contributed by atoms with Gasteiger partial charge in [-0.2, -0.15) is 5.10 Å². The highest BCUT2D eigenvalue weighted by Crippen LogP contribution is 2.23. The van der Waals surface area contributed by atoms with E-state index in [0.717, 1.165) is 22.0 Å². The van der Waals surface area contributed by atoms with Crippen LogP contribution in [-0.4, -0.2) is 51.8 Å². The van der Waals surface area contributed by atoms with Crippen LogP contribution in [-0.2, 0) is 17.8 Å². The topological polar surface area (TPSA) is 74.2 Å². The summed E-state index contributed by atoms with van der Waals surface area (Å²) in [4.78, 5) is 32.8. The molecule has 0 spiro atoms. The van der Waals surface area contributed by atoms with Crippen LogP contribution in [0.15, 0.2) is 71.8 Å². The van der Waals surface area contributed by atoms with Gasteiger partial charge in [0.1, 0.15) is 5.02 Å². The minimum atomic E-state index is -0.309. The van der Waals surface area contributed by atoms with Crippen LogP contribution < -0.4 is 10.5 Å². The molecule has 0 aliphatic carbocycles. The third-order valence-corrected chi connectivity index (χ3v) is 6.49. The average Bonchev–Trinajstić information content (AvgIpc) is 3.26. The Balaban J connectivity index is 1.24. The van der Waals surface area contributed by atoms with Gasteiger partial charge >= 0.3 is 0 Å². The van der Waals surface area contributed by atoms with Gasteiger partial charge in [0.05, 0.1) is 24.8 Å². The third-order valence-electron chi connectivity index (χ3n) is 6.13. The van der Waals surface area contributed by atoms with E-state index in [-0.39, 0.29) is 16.5 Å². The van der Waals surface area contributed by atoms with Crippen LogP contribution in [0.2, 0.25) is 5.02 Å². The fourth-order valence-corrected chi connectivity index (χ4v) is 4.56. The molecule has 0 saturated carbocycles. The summed E-state index contributed by atoms with van der Waals surface area (Å²) < 4.78 is 1.38. The van der Waals surface area contributed by atoms with Crippen LogP contribution in [0.3, 0.4) is 0 Å². The highest BCUT2D eigenvalue weighted by atomic mass is 35.5. The lowest BCUT2D eigenvalue weighted by Gasteiger charge is -2.36. The molecular formula is C25H24ClN5O2. The van der Waals surface area contributed by atoms with E-state index >= 15 is 0 Å². The largest absolute Gasteiger partial charge is 0.365 e. The van der Waals surface area contributed by atoms with Crippen molar-refractivity contribution in [1.29, 1.82) is 0 Å². The van der Waals surface area contributed by atoms with Gasteiger partial charge in [0.15, 0.2) is 0 Å². The summed E-state index contributed by atoms with van der Waals surface area (Å²) in [6.07, 6.45) is 3.92. The molecule has 1 amide bonds. The summed E-state index contributed by atoms with van der Waals surface area (Å²) >= 11 is 6.45. The van der Waals surface area contributed by atoms with E-state index in [2.05, 4.69) is 10.1 Å². The Kier molecular flexibility index (Phi) is 5.88. The van der Waals surface area contributed by atoms with Gasteiger partial charge in [0, 0.05) is 43.3 Å². The molecule has 2 aromatic heterocycles. The standard InChI is InChI=1S/C25H24ClN5O2/c26-24-22(16-28-31(25(24)33)17-18-6-2-1-3-7-18)29-10-12-30(13-11-29)23(32)14-19-15-27-21-9-5-4-8-20(19)21/h1-9,15-16,27H,10-14,17H2. The molecule has 4 aromatic rings. The van der Waals surface area contributed by atoms with E-state index in [1.807, 2.05) is 70.6 Å². The lowest BCUT2D eigenvalue weighted by atomic mass is 10.1. The van der Waals surface area contributed by atoms with Crippen molar-refractivity contribution in [3.05, 3.63) is 93.5 Å². The quantitative estimate of drug-likeness (QED) is 0.495. The number of benzene rings is 2. The first kappa shape index (κ1) is 21.3. The highest BCUT2D eigenvalue weighted by molar-refractivity contribution is 6.33. The number of amides is 1. The molecule has 0 atom stereocenters. The molecule has 168 valence electrons. The zero-order chi connectivity index (χ0) is 22.8. The molecule has 1 aliphatic heterocycles. The van der Waals surface area contributed by atoms with Crippen LogP contribution in [0.5, 0.6) is 0 Å². The molecule has 1 N–H and O–H groups in total. The minimum Gasteiger partial charge on any atom is -0.365 e. The second kappa shape index (κ2) is 9.11. The van der Waals surface area contributed by atoms with Crippen molar-refractivity contribution in [2.75, 3.05) is 31.1 Å². The molecule has 1 aliphatic rings. The molecule has 1 fully saturated rings. The Morgan fingerprint density at radius 2 is 1.73 bits per heavy atom. The summed E-state index contributed by atoms with van der Waals surface area (Å²) in [5.74, 6) is 0.0990. The summed E-state index contributed by atoms with van der Waals surface area (Å²) in [6, 6.07) is 17.7. The Bertz CT molecular complexity index is 1340. The SMILES string of the molecule is O=C(Cc1c[nH]c2ccccc12)N1CCN(c2cnn(Cc3ccccc3)c(=O)c2Cl)CC1. The van der Waals surface area contributed by atoms with Crippen LogP contribution in [0.4, 0.5) is 5.69 Å². The van der Waals surface area contributed by atoms with Crippen LogP contribution >= 0.6 is 11.6 Å². The number of piperazine rings is 1. The van der Waals surface area contributed by atoms with Crippen molar-refractivity contribution < 1.29 is 4.79 Å². The number of aromatic nitrogens is 3. The molecule has 33 heavy (non-hydrogen) atoms. The second-order valence-corrected chi connectivity index (χ2v) is 8.57. The molecule has 3 heterocycles. The van der Waals surface area contributed by atoms with E-state index in [1.54, 1.807) is 6.20 Å². The number of nitrogens with zero attached hydrogens (tertiary/aromatic N) is 4. The Morgan fingerprint density at radius 3 is 2.52 bits per heavy atom. The number of halogens is 1. The van der Waals surface area contributed by atoms with Gasteiger partial charge in [-0.25, -0.2) is 4.68 Å². The molecule has 0 unspecified atom stereocenters. The number of carbonyl (C=O) groups excluding carboxylic acids is 1. The highest BCUT2D eigenvalue weighted by Gasteiger charge is 2.24. The number of rotatable bonds is 5. The molecule has 5 rings (SSSR count). The summed E-state index contributed by atoms with van der Waals surface area (Å²) in [5.41, 5.74) is 3.34. The molecule has 0 bridgehead atoms. The maximum atomic E-state index is 12.9. The van der Waals surface area contributed by atoms with Crippen molar-refractivity contribution in [2.45, 2.75) is 13.0 Å². The van der Waals surface area contributed by atoms with Gasteiger partial charge < -0.3 is 14.8 Å². The maximum absolute atomic E-state index is 12.9. The number of nitrogens with one attached hydrogen (secondary N) is 1. The molecular weight excluding hydrogens is 438 g/mol. The molecule has 2 aromatic carbocycles. The fraction of sp³-hybridized carbons (Fsp3) is 0.240. The minimum absolute atomic E-state index is 0.0990. The molecule has 1 saturated heterocycles. The zero-order valence-corrected chi connectivity index (χ0v) is 18.8. The van der Waals surface area contributed by atoms with Crippen molar-refractivity contribution in [2.24, 2.45) is 0 Å². The maximum Gasteiger partial charge on any atom is 0.287 e. The van der Waals surface area contributed by atoms with E-state index in [1.165, 1.54) is 4.68 Å². The van der Waals surface area contributed by atoms with Crippen molar-refractivity contribution in [3.8, 4) is 0 Å². The van der Waals surface area contributed by atoms with Gasteiger partial charge in [0.2, 0.25) is 5.91 Å². The first-order valence-electron chi connectivity index (χ1n) is 11.0. The Morgan fingerprint density at radius 1 is 1.00 bits per heavy atom. The third kappa shape index (κ3) is 4.36. The smallest absolute Gasteiger partial charge is 0.287 e. The zero-order valence-electron chi connectivity index (χ0n) is 18.1. The van der Waals surface area contributed by atoms with Crippen molar-refractivity contribution >= 4 is 34.1 Å². The van der Waals surface area contributed by atoms with E-state index in [4.69, 9.17) is 11.6 Å². The number of H-pyrrole nitrogens is 1. The predicted molar refractivity (Wildman–Crippen MR) is 130 cm³/mol. The van der Waals surface area contributed by atoms with Crippen LogP contribution in [0.25, 0.3) is 10.9 Å². The summed E-state index contributed by atoms with van der Waals surface area (Å²) in [7, 11) is 0. The first-order chi connectivity index (χ1) is 16.1. The van der Waals surface area contributed by atoms with Gasteiger partial charge in [0.25, 0.3) is 5.56 Å². The van der Waals surface area contributed by atoms with Crippen LogP contribution in [0, 0.1) is 0 Å². The van der Waals surface area contributed by atoms with Gasteiger partial charge in [-0.05, 0) is 17.2 Å². The lowest BCUT2D eigenvalue weighted by Crippen LogP contribution is -2.49.